The summed E-state index contributed by atoms with van der Waals surface area (Å²) in [6.07, 6.45) is 3.33. The molecule has 0 radical (unpaired) electrons. The Hall–Kier alpha value is -0.690. The van der Waals surface area contributed by atoms with Crippen molar-refractivity contribution in [3.63, 3.8) is 0 Å². The van der Waals surface area contributed by atoms with Crippen molar-refractivity contribution >= 4 is 29.5 Å². The van der Waals surface area contributed by atoms with Gasteiger partial charge in [0.25, 0.3) is 0 Å². The highest BCUT2D eigenvalue weighted by Crippen LogP contribution is 2.28. The third-order valence-corrected chi connectivity index (χ3v) is 3.25. The zero-order valence-corrected chi connectivity index (χ0v) is 9.03. The number of ether oxygens (including phenoxy) is 1. The first-order chi connectivity index (χ1) is 6.08. The molecule has 0 spiro atoms. The molecule has 0 saturated heterocycles. The molecule has 5 nitrogen and oxygen atoms in total. The number of carbonyl (C=O) groups excluding carboxylic acids is 1. The van der Waals surface area contributed by atoms with E-state index in [1.165, 1.54) is 0 Å². The molecule has 74 valence electrons. The predicted octanol–water partition coefficient (Wildman–Crippen LogP) is 1.33. The van der Waals surface area contributed by atoms with E-state index in [4.69, 9.17) is 0 Å². The molecule has 0 N–H and O–H groups in total. The van der Waals surface area contributed by atoms with Gasteiger partial charge in [0.05, 0.1) is 12.0 Å². The van der Waals surface area contributed by atoms with Gasteiger partial charge in [0, 0.05) is 0 Å². The molecule has 13 heavy (non-hydrogen) atoms. The Morgan fingerprint density at radius 2 is 1.85 bits per heavy atom. The highest BCUT2D eigenvalue weighted by molar-refractivity contribution is 8.21. The van der Waals surface area contributed by atoms with Crippen molar-refractivity contribution in [2.24, 2.45) is 0 Å². The minimum Gasteiger partial charge on any atom is -0.461 e. The van der Waals surface area contributed by atoms with Gasteiger partial charge in [-0.3, -0.25) is 10.1 Å². The van der Waals surface area contributed by atoms with Gasteiger partial charge in [0.2, 0.25) is 0 Å². The maximum Gasteiger partial charge on any atom is 0.411 e. The summed E-state index contributed by atoms with van der Waals surface area (Å²) in [5, 5.41) is 10.5. The van der Waals surface area contributed by atoms with Crippen LogP contribution in [-0.4, -0.2) is 30.5 Å². The fourth-order valence-electron chi connectivity index (χ4n) is 0.606. The Bertz CT molecular complexity index is 245. The van der Waals surface area contributed by atoms with Crippen LogP contribution in [0.5, 0.6) is 0 Å². The normalized spacial score (nSPS) is 9.15. The van der Waals surface area contributed by atoms with Crippen LogP contribution in [0.3, 0.4) is 0 Å². The van der Waals surface area contributed by atoms with Crippen molar-refractivity contribution in [3.05, 3.63) is 20.0 Å². The molecule has 0 rings (SSSR count). The zero-order chi connectivity index (χ0) is 10.4. The summed E-state index contributed by atoms with van der Waals surface area (Å²) in [4.78, 5) is 20.7. The second-order valence-electron chi connectivity index (χ2n) is 1.79. The SMILES string of the molecule is COC(=O)C(=C(SC)SC)[N+](=O)[O-]. The minimum absolute atomic E-state index is 0.344. The molecule has 0 saturated carbocycles. The molecule has 0 aliphatic carbocycles. The summed E-state index contributed by atoms with van der Waals surface area (Å²) in [6, 6.07) is 0. The first-order valence-electron chi connectivity index (χ1n) is 3.13. The van der Waals surface area contributed by atoms with Gasteiger partial charge in [0.15, 0.2) is 0 Å². The highest BCUT2D eigenvalue weighted by atomic mass is 32.2. The van der Waals surface area contributed by atoms with Crippen LogP contribution in [0, 0.1) is 10.1 Å². The summed E-state index contributed by atoms with van der Waals surface area (Å²) < 4.78 is 4.64. The zero-order valence-electron chi connectivity index (χ0n) is 7.40. The maximum atomic E-state index is 11.0. The van der Waals surface area contributed by atoms with Crippen molar-refractivity contribution in [3.8, 4) is 0 Å². The van der Waals surface area contributed by atoms with E-state index in [0.717, 1.165) is 30.6 Å². The lowest BCUT2D eigenvalue weighted by molar-refractivity contribution is -0.421. The number of nitrogens with zero attached hydrogens (tertiary/aromatic N) is 1. The lowest BCUT2D eigenvalue weighted by atomic mass is 10.5. The summed E-state index contributed by atoms with van der Waals surface area (Å²) in [6.45, 7) is 0. The molecule has 7 heteroatoms. The van der Waals surface area contributed by atoms with Gasteiger partial charge in [-0.2, -0.15) is 0 Å². The molecule has 0 aromatic heterocycles. The Labute approximate surface area is 84.0 Å². The van der Waals surface area contributed by atoms with Gasteiger partial charge in [0.1, 0.15) is 4.24 Å². The van der Waals surface area contributed by atoms with E-state index in [9.17, 15) is 14.9 Å². The van der Waals surface area contributed by atoms with Gasteiger partial charge >= 0.3 is 11.7 Å². The predicted molar refractivity (Wildman–Crippen MR) is 53.1 cm³/mol. The molecule has 0 unspecified atom stereocenters. The van der Waals surface area contributed by atoms with Crippen LogP contribution in [0.1, 0.15) is 0 Å². The van der Waals surface area contributed by atoms with Crippen LogP contribution >= 0.6 is 23.5 Å². The quantitative estimate of drug-likeness (QED) is 0.310. The Morgan fingerprint density at radius 1 is 1.38 bits per heavy atom. The summed E-state index contributed by atoms with van der Waals surface area (Å²) in [7, 11) is 1.12. The summed E-state index contributed by atoms with van der Waals surface area (Å²) >= 11 is 2.30. The Morgan fingerprint density at radius 3 is 2.08 bits per heavy atom. The molecule has 0 bridgehead atoms. The van der Waals surface area contributed by atoms with Crippen LogP contribution in [0.4, 0.5) is 0 Å². The van der Waals surface area contributed by atoms with Gasteiger partial charge in [-0.15, -0.1) is 23.5 Å². The molecule has 0 atom stereocenters. The smallest absolute Gasteiger partial charge is 0.411 e. The van der Waals surface area contributed by atoms with Crippen LogP contribution in [0.2, 0.25) is 0 Å². The lowest BCUT2D eigenvalue weighted by Crippen LogP contribution is -2.14. The first-order valence-corrected chi connectivity index (χ1v) is 5.58. The van der Waals surface area contributed by atoms with Gasteiger partial charge < -0.3 is 4.74 Å². The fourth-order valence-corrected chi connectivity index (χ4v) is 1.97. The van der Waals surface area contributed by atoms with Crippen LogP contribution in [-0.2, 0) is 9.53 Å². The van der Waals surface area contributed by atoms with Crippen LogP contribution in [0.15, 0.2) is 9.93 Å². The molecule has 0 fully saturated rings. The third-order valence-electron chi connectivity index (χ3n) is 1.13. The topological polar surface area (TPSA) is 69.4 Å². The monoisotopic (exact) mass is 223 g/mol. The second-order valence-corrected chi connectivity index (χ2v) is 3.68. The van der Waals surface area contributed by atoms with Crippen molar-refractivity contribution in [1.29, 1.82) is 0 Å². The number of hydrogen-bond acceptors (Lipinski definition) is 6. The fraction of sp³-hybridized carbons (Fsp3) is 0.500. The van der Waals surface area contributed by atoms with E-state index in [2.05, 4.69) is 4.74 Å². The molecule has 0 aromatic carbocycles. The first kappa shape index (κ1) is 12.3. The standard InChI is InChI=1S/C6H9NO4S2/c1-11-5(8)4(7(9)10)6(12-2)13-3/h1-3H3. The second kappa shape index (κ2) is 5.87. The average Bonchev–Trinajstić information content (AvgIpc) is 2.12. The number of rotatable bonds is 4. The van der Waals surface area contributed by atoms with Gasteiger partial charge in [-0.05, 0) is 12.5 Å². The molecule has 0 aliphatic heterocycles. The average molecular weight is 223 g/mol. The van der Waals surface area contributed by atoms with E-state index in [1.807, 2.05) is 0 Å². The molecular formula is C6H9NO4S2. The molecule has 0 heterocycles. The van der Waals surface area contributed by atoms with Crippen molar-refractivity contribution in [2.75, 3.05) is 19.6 Å². The third kappa shape index (κ3) is 3.27. The Balaban J connectivity index is 5.08. The number of esters is 1. The van der Waals surface area contributed by atoms with Gasteiger partial charge in [-0.1, -0.05) is 0 Å². The summed E-state index contributed by atoms with van der Waals surface area (Å²) in [5.74, 6) is -0.913. The summed E-state index contributed by atoms with van der Waals surface area (Å²) in [5.41, 5.74) is -0.498. The van der Waals surface area contributed by atoms with E-state index in [0.29, 0.717) is 4.24 Å². The van der Waals surface area contributed by atoms with E-state index in [-0.39, 0.29) is 0 Å². The van der Waals surface area contributed by atoms with Crippen LogP contribution in [0.25, 0.3) is 0 Å². The number of carbonyl (C=O) groups is 1. The molecule has 0 amide bonds. The highest BCUT2D eigenvalue weighted by Gasteiger charge is 2.27. The van der Waals surface area contributed by atoms with E-state index >= 15 is 0 Å². The Kier molecular flexibility index (Phi) is 5.56. The van der Waals surface area contributed by atoms with Crippen molar-refractivity contribution in [2.45, 2.75) is 0 Å². The van der Waals surface area contributed by atoms with Crippen molar-refractivity contribution < 1.29 is 14.5 Å². The molecular weight excluding hydrogens is 214 g/mol. The lowest BCUT2D eigenvalue weighted by Gasteiger charge is -2.00. The molecule has 0 aromatic rings. The van der Waals surface area contributed by atoms with E-state index in [1.54, 1.807) is 12.5 Å². The number of thioether (sulfide) groups is 2. The van der Waals surface area contributed by atoms with E-state index < -0.39 is 16.6 Å². The molecule has 0 aliphatic rings. The largest absolute Gasteiger partial charge is 0.461 e. The maximum absolute atomic E-state index is 11.0. The van der Waals surface area contributed by atoms with Crippen molar-refractivity contribution in [1.82, 2.24) is 0 Å². The number of methoxy groups -OCH3 is 1. The number of hydrogen-bond donors (Lipinski definition) is 0. The number of nitro groups is 1. The van der Waals surface area contributed by atoms with Gasteiger partial charge in [-0.25, -0.2) is 4.79 Å². The van der Waals surface area contributed by atoms with Crippen LogP contribution < -0.4 is 0 Å². The minimum atomic E-state index is -0.913.